The van der Waals surface area contributed by atoms with Crippen molar-refractivity contribution in [3.05, 3.63) is 53.6 Å². The number of nitrogens with two attached hydrogens (primary N) is 1. The van der Waals surface area contributed by atoms with Gasteiger partial charge < -0.3 is 9.80 Å². The third-order valence-electron chi connectivity index (χ3n) is 6.76. The molecule has 1 saturated carbocycles. The molecule has 162 valence electrons. The lowest BCUT2D eigenvalue weighted by atomic mass is 9.90. The third-order valence-corrected chi connectivity index (χ3v) is 6.76. The Bertz CT molecular complexity index is 773. The highest BCUT2D eigenvalue weighted by Crippen LogP contribution is 2.34. The van der Waals surface area contributed by atoms with Crippen molar-refractivity contribution in [3.8, 4) is 0 Å². The molecule has 1 unspecified atom stereocenters. The second kappa shape index (κ2) is 9.77. The number of hydrogen-bond donors (Lipinski definition) is 2. The van der Waals surface area contributed by atoms with Crippen molar-refractivity contribution in [2.75, 3.05) is 33.2 Å². The van der Waals surface area contributed by atoms with Gasteiger partial charge in [-0.3, -0.25) is 15.1 Å². The Morgan fingerprint density at radius 1 is 1.07 bits per heavy atom. The fraction of sp³-hybridized carbons (Fsp3) is 0.542. The molecule has 0 spiro atoms. The minimum atomic E-state index is -0.344. The van der Waals surface area contributed by atoms with Crippen LogP contribution in [0, 0.1) is 0 Å². The van der Waals surface area contributed by atoms with Crippen LogP contribution >= 0.6 is 0 Å². The number of carbonyl (C=O) groups excluding carboxylic acids is 1. The van der Waals surface area contributed by atoms with Gasteiger partial charge in [0.25, 0.3) is 5.91 Å². The topological polar surface area (TPSA) is 64.8 Å². The second-order valence-corrected chi connectivity index (χ2v) is 8.87. The molecule has 4 rings (SSSR count). The molecule has 1 aliphatic carbocycles. The van der Waals surface area contributed by atoms with Crippen LogP contribution in [0.15, 0.2) is 42.5 Å². The van der Waals surface area contributed by atoms with Gasteiger partial charge in [0.2, 0.25) is 0 Å². The van der Waals surface area contributed by atoms with Gasteiger partial charge in [-0.25, -0.2) is 5.84 Å². The van der Waals surface area contributed by atoms with Gasteiger partial charge in [0, 0.05) is 44.5 Å². The Hall–Kier alpha value is -2.15. The van der Waals surface area contributed by atoms with E-state index < -0.39 is 0 Å². The van der Waals surface area contributed by atoms with Crippen molar-refractivity contribution < 1.29 is 4.79 Å². The number of hydrazine groups is 1. The van der Waals surface area contributed by atoms with E-state index in [-0.39, 0.29) is 11.9 Å². The minimum Gasteiger partial charge on any atom is -0.353 e. The van der Waals surface area contributed by atoms with Gasteiger partial charge in [-0.05, 0) is 37.1 Å². The zero-order chi connectivity index (χ0) is 20.9. The predicted octanol–water partition coefficient (Wildman–Crippen LogP) is 2.34. The molecule has 1 saturated heterocycles. The monoisotopic (exact) mass is 409 g/mol. The molecule has 1 atom stereocenters. The third kappa shape index (κ3) is 4.77. The Labute approximate surface area is 180 Å². The molecule has 0 radical (unpaired) electrons. The minimum absolute atomic E-state index is 0.144. The maximum absolute atomic E-state index is 12.5. The molecule has 1 amide bonds. The van der Waals surface area contributed by atoms with Crippen LogP contribution in [0.1, 0.15) is 43.2 Å². The molecule has 1 aromatic rings. The summed E-state index contributed by atoms with van der Waals surface area (Å²) in [5.41, 5.74) is 6.01. The highest BCUT2D eigenvalue weighted by molar-refractivity contribution is 5.86. The average Bonchev–Trinajstić information content (AvgIpc) is 2.80. The molecule has 2 fully saturated rings. The summed E-state index contributed by atoms with van der Waals surface area (Å²) in [4.78, 5) is 19.7. The smallest absolute Gasteiger partial charge is 0.260 e. The van der Waals surface area contributed by atoms with E-state index in [1.54, 1.807) is 0 Å². The number of amides is 1. The molecule has 3 aliphatic rings. The fourth-order valence-corrected chi connectivity index (χ4v) is 4.95. The number of rotatable bonds is 5. The van der Waals surface area contributed by atoms with Crippen molar-refractivity contribution in [3.63, 3.8) is 0 Å². The number of carbonyl (C=O) groups is 1. The van der Waals surface area contributed by atoms with E-state index >= 15 is 0 Å². The lowest BCUT2D eigenvalue weighted by Gasteiger charge is -2.42. The first-order valence-corrected chi connectivity index (χ1v) is 11.3. The van der Waals surface area contributed by atoms with Gasteiger partial charge in [0.05, 0.1) is 0 Å². The molecule has 3 N–H and O–H groups in total. The Morgan fingerprint density at radius 3 is 2.43 bits per heavy atom. The highest BCUT2D eigenvalue weighted by atomic mass is 16.2. The summed E-state index contributed by atoms with van der Waals surface area (Å²) in [5, 5.41) is 0. The predicted molar refractivity (Wildman–Crippen MR) is 121 cm³/mol. The molecule has 6 nitrogen and oxygen atoms in total. The number of piperazine rings is 1. The van der Waals surface area contributed by atoms with Crippen LogP contribution in [0.25, 0.3) is 5.70 Å². The zero-order valence-corrected chi connectivity index (χ0v) is 18.1. The van der Waals surface area contributed by atoms with E-state index in [0.717, 1.165) is 51.3 Å². The first kappa shape index (κ1) is 21.1. The normalized spacial score (nSPS) is 24.0. The molecule has 0 aromatic heterocycles. The molecule has 30 heavy (non-hydrogen) atoms. The van der Waals surface area contributed by atoms with E-state index in [4.69, 9.17) is 5.84 Å². The Kier molecular flexibility index (Phi) is 6.87. The first-order valence-electron chi connectivity index (χ1n) is 11.3. The molecular formula is C24H35N5O. The number of nitrogens with one attached hydrogen (secondary N) is 1. The number of likely N-dealkylation sites (N-methyl/N-ethyl adjacent to an activating group) is 1. The van der Waals surface area contributed by atoms with Gasteiger partial charge in [0.15, 0.2) is 0 Å². The molecule has 2 heterocycles. The maximum atomic E-state index is 12.5. The number of benzene rings is 1. The van der Waals surface area contributed by atoms with Gasteiger partial charge in [-0.15, -0.1) is 0 Å². The molecular weight excluding hydrogens is 374 g/mol. The van der Waals surface area contributed by atoms with Crippen LogP contribution in [0.2, 0.25) is 0 Å². The van der Waals surface area contributed by atoms with Crippen LogP contribution in [-0.2, 0) is 11.3 Å². The lowest BCUT2D eigenvalue weighted by molar-refractivity contribution is -0.124. The first-order chi connectivity index (χ1) is 14.7. The lowest BCUT2D eigenvalue weighted by Crippen LogP contribution is -2.52. The van der Waals surface area contributed by atoms with Crippen molar-refractivity contribution in [2.45, 2.75) is 50.7 Å². The molecule has 1 aromatic carbocycles. The van der Waals surface area contributed by atoms with Gasteiger partial charge in [-0.2, -0.15) is 0 Å². The maximum Gasteiger partial charge on any atom is 0.260 e. The summed E-state index contributed by atoms with van der Waals surface area (Å²) in [5.74, 6) is 5.36. The van der Waals surface area contributed by atoms with Gasteiger partial charge >= 0.3 is 0 Å². The van der Waals surface area contributed by atoms with Crippen LogP contribution < -0.4 is 11.3 Å². The van der Waals surface area contributed by atoms with Crippen molar-refractivity contribution in [2.24, 2.45) is 5.84 Å². The van der Waals surface area contributed by atoms with Crippen LogP contribution in [0.4, 0.5) is 0 Å². The van der Waals surface area contributed by atoms with Gasteiger partial charge in [-0.1, -0.05) is 55.7 Å². The largest absolute Gasteiger partial charge is 0.353 e. The summed E-state index contributed by atoms with van der Waals surface area (Å²) in [7, 11) is 2.19. The average molecular weight is 410 g/mol. The zero-order valence-electron chi connectivity index (χ0n) is 18.1. The summed E-state index contributed by atoms with van der Waals surface area (Å²) < 4.78 is 0. The molecule has 2 aliphatic heterocycles. The number of hydrogen-bond acceptors (Lipinski definition) is 5. The Morgan fingerprint density at radius 2 is 1.77 bits per heavy atom. The quantitative estimate of drug-likeness (QED) is 0.444. The number of allylic oxidation sites excluding steroid dienone is 2. The summed E-state index contributed by atoms with van der Waals surface area (Å²) in [6, 6.07) is 8.94. The van der Waals surface area contributed by atoms with Crippen LogP contribution in [0.5, 0.6) is 0 Å². The fourth-order valence-electron chi connectivity index (χ4n) is 4.95. The van der Waals surface area contributed by atoms with E-state index in [0.29, 0.717) is 6.04 Å². The van der Waals surface area contributed by atoms with Crippen molar-refractivity contribution in [1.29, 1.82) is 0 Å². The van der Waals surface area contributed by atoms with Crippen molar-refractivity contribution in [1.82, 2.24) is 20.1 Å². The summed E-state index contributed by atoms with van der Waals surface area (Å²) >= 11 is 0. The summed E-state index contributed by atoms with van der Waals surface area (Å²) in [6.45, 7) is 5.52. The SMILES string of the molecule is CN1CCN(Cc2ccc(C3=CC=CC(C(=O)NN)N3C3CCCCC3)cc2)CC1. The summed E-state index contributed by atoms with van der Waals surface area (Å²) in [6.07, 6.45) is 12.1. The van der Waals surface area contributed by atoms with E-state index in [2.05, 4.69) is 57.5 Å². The second-order valence-electron chi connectivity index (χ2n) is 8.87. The Balaban J connectivity index is 1.52. The molecule has 0 bridgehead atoms. The van der Waals surface area contributed by atoms with E-state index in [9.17, 15) is 4.79 Å². The van der Waals surface area contributed by atoms with Crippen LogP contribution in [-0.4, -0.2) is 65.9 Å². The van der Waals surface area contributed by atoms with E-state index in [1.165, 1.54) is 30.4 Å². The molecule has 6 heteroatoms. The number of nitrogens with zero attached hydrogens (tertiary/aromatic N) is 3. The van der Waals surface area contributed by atoms with Crippen LogP contribution in [0.3, 0.4) is 0 Å². The highest BCUT2D eigenvalue weighted by Gasteiger charge is 2.33. The van der Waals surface area contributed by atoms with E-state index in [1.807, 2.05) is 12.2 Å². The van der Waals surface area contributed by atoms with Gasteiger partial charge in [0.1, 0.15) is 6.04 Å². The van der Waals surface area contributed by atoms with Crippen molar-refractivity contribution >= 4 is 11.6 Å². The standard InChI is InChI=1S/C24H35N5O/c1-27-14-16-28(17-15-27)18-19-10-12-20(13-11-19)22-8-5-9-23(24(30)26-25)29(22)21-6-3-2-4-7-21/h5,8-13,21,23H,2-4,6-7,14-18,25H2,1H3,(H,26,30).